The number of aliphatic hydroxyl groups excluding tert-OH is 4. The average Bonchev–Trinajstić information content (AvgIpc) is 3.47. The van der Waals surface area contributed by atoms with Crippen LogP contribution in [0.2, 0.25) is 0 Å². The van der Waals surface area contributed by atoms with Gasteiger partial charge in [-0.3, -0.25) is 0 Å². The van der Waals surface area contributed by atoms with E-state index in [-0.39, 0.29) is 12.2 Å². The molecule has 5 heteroatoms. The van der Waals surface area contributed by atoms with Gasteiger partial charge in [-0.2, -0.15) is 0 Å². The van der Waals surface area contributed by atoms with Crippen LogP contribution in [-0.4, -0.2) is 38.7 Å². The van der Waals surface area contributed by atoms with Crippen LogP contribution in [0.5, 0.6) is 0 Å². The summed E-state index contributed by atoms with van der Waals surface area (Å²) in [4.78, 5) is 0. The predicted molar refractivity (Wildman–Crippen MR) is 100 cm³/mol. The van der Waals surface area contributed by atoms with Crippen molar-refractivity contribution in [3.63, 3.8) is 0 Å². The molecule has 6 rings (SSSR count). The number of ether oxygens (including phenoxy) is 1. The molecule has 1 saturated heterocycles. The second kappa shape index (κ2) is 5.16. The summed E-state index contributed by atoms with van der Waals surface area (Å²) < 4.78 is 5.64. The number of hydrogen-bond donors (Lipinski definition) is 4. The molecule has 0 radical (unpaired) electrons. The van der Waals surface area contributed by atoms with Gasteiger partial charge in [-0.05, 0) is 55.9 Å². The van der Waals surface area contributed by atoms with Gasteiger partial charge in [0, 0.05) is 0 Å². The van der Waals surface area contributed by atoms with Gasteiger partial charge >= 0.3 is 0 Å². The molecule has 27 heavy (non-hydrogen) atoms. The molecule has 136 valence electrons. The quantitative estimate of drug-likeness (QED) is 0.364. The first-order chi connectivity index (χ1) is 13.0. The van der Waals surface area contributed by atoms with Gasteiger partial charge in [0.1, 0.15) is 36.6 Å². The molecule has 2 aliphatic carbocycles. The van der Waals surface area contributed by atoms with Crippen LogP contribution in [0.4, 0.5) is 0 Å². The fourth-order valence-electron chi connectivity index (χ4n) is 4.71. The van der Waals surface area contributed by atoms with E-state index in [1.165, 1.54) is 0 Å². The SMILES string of the molecule is OC1C=Cc2c(ccc3cc4c5c(ccc4cc23)C(O)C(O)C2OC52)C1O. The van der Waals surface area contributed by atoms with Crippen molar-refractivity contribution >= 4 is 27.6 Å². The van der Waals surface area contributed by atoms with Crippen molar-refractivity contribution in [2.24, 2.45) is 0 Å². The fraction of sp³-hybridized carbons (Fsp3) is 0.273. The Morgan fingerprint density at radius 3 is 2.30 bits per heavy atom. The molecule has 0 saturated carbocycles. The van der Waals surface area contributed by atoms with Crippen molar-refractivity contribution < 1.29 is 25.2 Å². The number of aliphatic hydroxyl groups is 4. The van der Waals surface area contributed by atoms with E-state index in [1.54, 1.807) is 6.08 Å². The molecular weight excluding hydrogens is 344 g/mol. The maximum absolute atomic E-state index is 10.4. The van der Waals surface area contributed by atoms with Crippen LogP contribution in [0.15, 0.2) is 42.5 Å². The number of fused-ring (bicyclic) bond motifs is 8. The van der Waals surface area contributed by atoms with E-state index >= 15 is 0 Å². The molecule has 1 fully saturated rings. The third kappa shape index (κ3) is 2.00. The lowest BCUT2D eigenvalue weighted by Crippen LogP contribution is -2.29. The third-order valence-corrected chi connectivity index (χ3v) is 6.20. The highest BCUT2D eigenvalue weighted by Crippen LogP contribution is 2.53. The van der Waals surface area contributed by atoms with Gasteiger partial charge in [0.05, 0.1) is 0 Å². The van der Waals surface area contributed by atoms with Gasteiger partial charge in [-0.25, -0.2) is 0 Å². The second-order valence-electron chi connectivity index (χ2n) is 7.68. The van der Waals surface area contributed by atoms with Gasteiger partial charge in [0.2, 0.25) is 0 Å². The maximum Gasteiger partial charge on any atom is 0.118 e. The van der Waals surface area contributed by atoms with Gasteiger partial charge in [-0.15, -0.1) is 0 Å². The first kappa shape index (κ1) is 15.7. The molecule has 3 aromatic rings. The number of epoxide rings is 1. The van der Waals surface area contributed by atoms with Crippen LogP contribution in [-0.2, 0) is 4.74 Å². The van der Waals surface area contributed by atoms with Crippen molar-refractivity contribution in [3.8, 4) is 0 Å². The Hall–Kier alpha value is -2.28. The van der Waals surface area contributed by atoms with Crippen molar-refractivity contribution in [1.29, 1.82) is 0 Å². The molecule has 6 atom stereocenters. The van der Waals surface area contributed by atoms with Crippen LogP contribution in [0.25, 0.3) is 27.6 Å². The second-order valence-corrected chi connectivity index (χ2v) is 7.68. The smallest absolute Gasteiger partial charge is 0.118 e. The largest absolute Gasteiger partial charge is 0.387 e. The molecule has 0 aromatic heterocycles. The summed E-state index contributed by atoms with van der Waals surface area (Å²) in [7, 11) is 0. The zero-order valence-electron chi connectivity index (χ0n) is 14.3. The van der Waals surface area contributed by atoms with Gasteiger partial charge in [0.15, 0.2) is 0 Å². The molecule has 3 aromatic carbocycles. The molecular formula is C22H18O5. The minimum atomic E-state index is -0.938. The molecule has 0 bridgehead atoms. The van der Waals surface area contributed by atoms with Gasteiger partial charge < -0.3 is 25.2 Å². The van der Waals surface area contributed by atoms with E-state index in [2.05, 4.69) is 12.1 Å². The first-order valence-electron chi connectivity index (χ1n) is 9.13. The normalized spacial score (nSPS) is 33.6. The maximum atomic E-state index is 10.4. The highest BCUT2D eigenvalue weighted by molar-refractivity contribution is 6.04. The summed E-state index contributed by atoms with van der Waals surface area (Å²) in [6, 6.07) is 11.8. The highest BCUT2D eigenvalue weighted by Gasteiger charge is 2.54. The number of hydrogen-bond acceptors (Lipinski definition) is 5. The Bertz CT molecular complexity index is 1150. The minimum Gasteiger partial charge on any atom is -0.387 e. The van der Waals surface area contributed by atoms with Crippen molar-refractivity contribution in [1.82, 2.24) is 0 Å². The molecule has 0 spiro atoms. The van der Waals surface area contributed by atoms with E-state index < -0.39 is 24.4 Å². The van der Waals surface area contributed by atoms with E-state index in [1.807, 2.05) is 30.3 Å². The Morgan fingerprint density at radius 1 is 0.778 bits per heavy atom. The van der Waals surface area contributed by atoms with E-state index in [9.17, 15) is 20.4 Å². The summed E-state index contributed by atoms with van der Waals surface area (Å²) in [6.45, 7) is 0. The molecule has 6 unspecified atom stereocenters. The van der Waals surface area contributed by atoms with E-state index in [4.69, 9.17) is 4.74 Å². The standard InChI is InChI=1S/C22H18O5/c23-16-6-5-11-12(18(16)24)3-1-9-8-15-10(7-14(9)11)2-4-13-17(15)21-22(27-21)20(26)19(13)25/h1-8,16,18-26H. The van der Waals surface area contributed by atoms with Gasteiger partial charge in [0.25, 0.3) is 0 Å². The van der Waals surface area contributed by atoms with Crippen molar-refractivity contribution in [3.05, 3.63) is 64.7 Å². The van der Waals surface area contributed by atoms with Gasteiger partial charge in [-0.1, -0.05) is 36.4 Å². The molecule has 3 aliphatic rings. The summed E-state index contributed by atoms with van der Waals surface area (Å²) in [5, 5.41) is 44.8. The molecule has 4 N–H and O–H groups in total. The average molecular weight is 362 g/mol. The molecule has 1 aliphatic heterocycles. The summed E-state index contributed by atoms with van der Waals surface area (Å²) in [6.07, 6.45) is -0.669. The van der Waals surface area contributed by atoms with E-state index in [0.29, 0.717) is 0 Å². The molecule has 1 heterocycles. The highest BCUT2D eigenvalue weighted by atomic mass is 16.6. The topological polar surface area (TPSA) is 93.5 Å². The zero-order chi connectivity index (χ0) is 18.4. The molecule has 0 amide bonds. The van der Waals surface area contributed by atoms with Crippen molar-refractivity contribution in [2.75, 3.05) is 0 Å². The summed E-state index contributed by atoms with van der Waals surface area (Å²) >= 11 is 0. The first-order valence-corrected chi connectivity index (χ1v) is 9.13. The fourth-order valence-corrected chi connectivity index (χ4v) is 4.71. The van der Waals surface area contributed by atoms with E-state index in [0.717, 1.165) is 43.8 Å². The van der Waals surface area contributed by atoms with Crippen LogP contribution in [0.1, 0.15) is 40.6 Å². The van der Waals surface area contributed by atoms with Crippen LogP contribution in [0, 0.1) is 0 Å². The Morgan fingerprint density at radius 2 is 1.48 bits per heavy atom. The number of benzene rings is 3. The summed E-state index contributed by atoms with van der Waals surface area (Å²) in [5.41, 5.74) is 3.32. The Kier molecular flexibility index (Phi) is 3.01. The molecule has 5 nitrogen and oxygen atoms in total. The lowest BCUT2D eigenvalue weighted by Gasteiger charge is -2.25. The lowest BCUT2D eigenvalue weighted by atomic mass is 9.82. The van der Waals surface area contributed by atoms with Crippen molar-refractivity contribution in [2.45, 2.75) is 36.6 Å². The summed E-state index contributed by atoms with van der Waals surface area (Å²) in [5.74, 6) is 0. The Labute approximate surface area is 154 Å². The lowest BCUT2D eigenvalue weighted by molar-refractivity contribution is 0.000106. The zero-order valence-corrected chi connectivity index (χ0v) is 14.3. The predicted octanol–water partition coefficient (Wildman–Crippen LogP) is 2.26. The third-order valence-electron chi connectivity index (χ3n) is 6.20. The Balaban J connectivity index is 1.64. The number of rotatable bonds is 0. The van der Waals surface area contributed by atoms with Crippen LogP contribution < -0.4 is 0 Å². The monoisotopic (exact) mass is 362 g/mol. The van der Waals surface area contributed by atoms with Crippen LogP contribution in [0.3, 0.4) is 0 Å². The van der Waals surface area contributed by atoms with Crippen LogP contribution >= 0.6 is 0 Å². The minimum absolute atomic E-state index is 0.172.